The van der Waals surface area contributed by atoms with Gasteiger partial charge < -0.3 is 15.8 Å². The van der Waals surface area contributed by atoms with Crippen molar-refractivity contribution in [2.24, 2.45) is 0 Å². The Hall–Kier alpha value is -2.75. The first-order chi connectivity index (χ1) is 10.3. The highest BCUT2D eigenvalue weighted by Crippen LogP contribution is 2.21. The van der Waals surface area contributed by atoms with Gasteiger partial charge in [0.1, 0.15) is 12.4 Å². The van der Waals surface area contributed by atoms with Gasteiger partial charge in [-0.25, -0.2) is 0 Å². The van der Waals surface area contributed by atoms with E-state index in [1.807, 2.05) is 48.5 Å². The van der Waals surface area contributed by atoms with Crippen LogP contribution in [0.4, 0.5) is 11.4 Å². The van der Waals surface area contributed by atoms with E-state index in [4.69, 9.17) is 10.5 Å². The summed E-state index contributed by atoms with van der Waals surface area (Å²) in [6.45, 7) is 1.24. The van der Waals surface area contributed by atoms with Crippen LogP contribution >= 0.6 is 0 Å². The molecule has 2 aromatic carbocycles. The van der Waals surface area contributed by atoms with E-state index >= 15 is 0 Å². The molecule has 0 saturated carbocycles. The van der Waals surface area contributed by atoms with E-state index in [0.717, 1.165) is 22.3 Å². The lowest BCUT2D eigenvalue weighted by Crippen LogP contribution is -2.12. The molecule has 1 heterocycles. The van der Waals surface area contributed by atoms with Gasteiger partial charge in [-0.3, -0.25) is 4.98 Å². The van der Waals surface area contributed by atoms with Gasteiger partial charge in [0.25, 0.3) is 0 Å². The predicted molar refractivity (Wildman–Crippen MR) is 86.6 cm³/mol. The van der Waals surface area contributed by atoms with E-state index in [1.165, 1.54) is 0 Å². The Kier molecular flexibility index (Phi) is 3.87. The smallest absolute Gasteiger partial charge is 0.142 e. The zero-order valence-corrected chi connectivity index (χ0v) is 11.6. The topological polar surface area (TPSA) is 60.2 Å². The number of aromatic nitrogens is 1. The molecule has 0 saturated heterocycles. The summed E-state index contributed by atoms with van der Waals surface area (Å²) in [5.74, 6) is 0.721. The summed E-state index contributed by atoms with van der Waals surface area (Å²) in [5.41, 5.74) is 8.54. The van der Waals surface area contributed by atoms with Crippen LogP contribution in [0.1, 0.15) is 0 Å². The second-order valence-corrected chi connectivity index (χ2v) is 4.69. The largest absolute Gasteiger partial charge is 0.490 e. The molecule has 0 aliphatic rings. The molecule has 106 valence electrons. The molecular formula is C17H17N3O. The van der Waals surface area contributed by atoms with Crippen molar-refractivity contribution in [3.05, 3.63) is 60.8 Å². The van der Waals surface area contributed by atoms with E-state index in [2.05, 4.69) is 16.4 Å². The van der Waals surface area contributed by atoms with Crippen molar-refractivity contribution in [1.29, 1.82) is 0 Å². The molecule has 4 heteroatoms. The fraction of sp³-hybridized carbons (Fsp3) is 0.118. The molecule has 3 N–H and O–H groups in total. The summed E-state index contributed by atoms with van der Waals surface area (Å²) >= 11 is 0. The Balaban J connectivity index is 1.61. The first kappa shape index (κ1) is 13.2. The fourth-order valence-corrected chi connectivity index (χ4v) is 2.21. The second-order valence-electron chi connectivity index (χ2n) is 4.69. The summed E-state index contributed by atoms with van der Waals surface area (Å²) in [5, 5.41) is 4.48. The highest BCUT2D eigenvalue weighted by molar-refractivity contribution is 5.90. The third kappa shape index (κ3) is 3.05. The van der Waals surface area contributed by atoms with Crippen molar-refractivity contribution in [3.8, 4) is 5.75 Å². The van der Waals surface area contributed by atoms with Crippen LogP contribution in [0.3, 0.4) is 0 Å². The van der Waals surface area contributed by atoms with E-state index < -0.39 is 0 Å². The number of hydrogen-bond acceptors (Lipinski definition) is 4. The zero-order valence-electron chi connectivity index (χ0n) is 11.6. The number of benzene rings is 2. The van der Waals surface area contributed by atoms with Crippen molar-refractivity contribution >= 4 is 22.3 Å². The minimum Gasteiger partial charge on any atom is -0.490 e. The van der Waals surface area contributed by atoms with Gasteiger partial charge in [0.05, 0.1) is 11.2 Å². The maximum Gasteiger partial charge on any atom is 0.142 e. The molecule has 0 unspecified atom stereocenters. The molecule has 0 atom stereocenters. The zero-order chi connectivity index (χ0) is 14.5. The summed E-state index contributed by atoms with van der Waals surface area (Å²) in [4.78, 5) is 4.34. The summed E-state index contributed by atoms with van der Waals surface area (Å²) in [6, 6.07) is 17.5. The highest BCUT2D eigenvalue weighted by atomic mass is 16.5. The van der Waals surface area contributed by atoms with E-state index in [-0.39, 0.29) is 0 Å². The van der Waals surface area contributed by atoms with Gasteiger partial charge in [-0.05, 0) is 24.3 Å². The maximum absolute atomic E-state index is 5.83. The first-order valence-corrected chi connectivity index (χ1v) is 6.89. The Labute approximate surface area is 123 Å². The maximum atomic E-state index is 5.83. The van der Waals surface area contributed by atoms with Gasteiger partial charge in [-0.1, -0.05) is 30.3 Å². The van der Waals surface area contributed by atoms with E-state index in [0.29, 0.717) is 18.8 Å². The van der Waals surface area contributed by atoms with Crippen molar-refractivity contribution in [2.45, 2.75) is 0 Å². The van der Waals surface area contributed by atoms with Crippen LogP contribution in [0.2, 0.25) is 0 Å². The van der Waals surface area contributed by atoms with Gasteiger partial charge in [0, 0.05) is 23.8 Å². The third-order valence-electron chi connectivity index (χ3n) is 3.24. The Morgan fingerprint density at radius 1 is 1.00 bits per heavy atom. The summed E-state index contributed by atoms with van der Waals surface area (Å²) in [6.07, 6.45) is 1.81. The van der Waals surface area contributed by atoms with Crippen molar-refractivity contribution < 1.29 is 4.74 Å². The number of nitrogens with zero attached hydrogens (tertiary/aromatic N) is 1. The standard InChI is InChI=1S/C17H17N3O/c18-14-6-2-4-8-17(14)21-12-11-20-16-9-10-19-15-7-3-1-5-13(15)16/h1-10H,11-12,18H2,(H,19,20). The van der Waals surface area contributed by atoms with Gasteiger partial charge in [-0.2, -0.15) is 0 Å². The predicted octanol–water partition coefficient (Wildman–Crippen LogP) is 3.31. The molecule has 0 radical (unpaired) electrons. The molecule has 3 rings (SSSR count). The molecule has 3 aromatic rings. The molecule has 0 amide bonds. The number of nitrogens with two attached hydrogens (primary N) is 1. The molecular weight excluding hydrogens is 262 g/mol. The second kappa shape index (κ2) is 6.13. The third-order valence-corrected chi connectivity index (χ3v) is 3.24. The van der Waals surface area contributed by atoms with Crippen molar-refractivity contribution in [1.82, 2.24) is 4.98 Å². The van der Waals surface area contributed by atoms with Crippen LogP contribution in [0, 0.1) is 0 Å². The lowest BCUT2D eigenvalue weighted by atomic mass is 10.2. The van der Waals surface area contributed by atoms with Crippen LogP contribution in [0.15, 0.2) is 60.8 Å². The fourth-order valence-electron chi connectivity index (χ4n) is 2.21. The van der Waals surface area contributed by atoms with Gasteiger partial charge >= 0.3 is 0 Å². The molecule has 0 spiro atoms. The van der Waals surface area contributed by atoms with Crippen LogP contribution in [0.5, 0.6) is 5.75 Å². The van der Waals surface area contributed by atoms with Crippen molar-refractivity contribution in [3.63, 3.8) is 0 Å². The first-order valence-electron chi connectivity index (χ1n) is 6.89. The summed E-state index contributed by atoms with van der Waals surface area (Å²) in [7, 11) is 0. The molecule has 1 aromatic heterocycles. The Morgan fingerprint density at radius 3 is 2.71 bits per heavy atom. The number of rotatable bonds is 5. The Morgan fingerprint density at radius 2 is 1.81 bits per heavy atom. The quantitative estimate of drug-likeness (QED) is 0.555. The normalized spacial score (nSPS) is 10.5. The summed E-state index contributed by atoms with van der Waals surface area (Å²) < 4.78 is 5.67. The lowest BCUT2D eigenvalue weighted by Gasteiger charge is -2.11. The SMILES string of the molecule is Nc1ccccc1OCCNc1ccnc2ccccc12. The molecule has 4 nitrogen and oxygen atoms in total. The molecule has 0 aliphatic carbocycles. The average molecular weight is 279 g/mol. The van der Waals surface area contributed by atoms with E-state index in [9.17, 15) is 0 Å². The molecule has 21 heavy (non-hydrogen) atoms. The molecule has 0 aliphatic heterocycles. The number of nitrogen functional groups attached to an aromatic ring is 1. The Bertz CT molecular complexity index is 737. The van der Waals surface area contributed by atoms with Crippen LogP contribution in [-0.4, -0.2) is 18.1 Å². The average Bonchev–Trinajstić information content (AvgIpc) is 2.53. The van der Waals surface area contributed by atoms with Crippen molar-refractivity contribution in [2.75, 3.05) is 24.2 Å². The molecule has 0 bridgehead atoms. The number of hydrogen-bond donors (Lipinski definition) is 2. The van der Waals surface area contributed by atoms with Crippen LogP contribution in [-0.2, 0) is 0 Å². The monoisotopic (exact) mass is 279 g/mol. The molecule has 0 fully saturated rings. The number of fused-ring (bicyclic) bond motifs is 1. The minimum atomic E-state index is 0.546. The number of pyridine rings is 1. The number of ether oxygens (including phenoxy) is 1. The number of nitrogens with one attached hydrogen (secondary N) is 1. The number of para-hydroxylation sites is 3. The van der Waals surface area contributed by atoms with Gasteiger partial charge in [0.2, 0.25) is 0 Å². The van der Waals surface area contributed by atoms with Gasteiger partial charge in [0.15, 0.2) is 0 Å². The van der Waals surface area contributed by atoms with Crippen LogP contribution in [0.25, 0.3) is 10.9 Å². The minimum absolute atomic E-state index is 0.546. The van der Waals surface area contributed by atoms with Crippen LogP contribution < -0.4 is 15.8 Å². The van der Waals surface area contributed by atoms with Gasteiger partial charge in [-0.15, -0.1) is 0 Å². The lowest BCUT2D eigenvalue weighted by molar-refractivity contribution is 0.334. The van der Waals surface area contributed by atoms with E-state index in [1.54, 1.807) is 6.20 Å². The number of anilines is 2. The highest BCUT2D eigenvalue weighted by Gasteiger charge is 2.01.